The van der Waals surface area contributed by atoms with Crippen molar-refractivity contribution in [3.63, 3.8) is 0 Å². The summed E-state index contributed by atoms with van der Waals surface area (Å²) in [6.07, 6.45) is 0.792. The maximum Gasteiger partial charge on any atom is 0.327 e. The van der Waals surface area contributed by atoms with Gasteiger partial charge in [0.15, 0.2) is 4.87 Å². The third-order valence-electron chi connectivity index (χ3n) is 2.31. The SMILES string of the molecule is C[C@]12COC(=O)[C@@]1(Cl)C2. The smallest absolute Gasteiger partial charge is 0.327 e. The zero-order valence-corrected chi connectivity index (χ0v) is 5.86. The van der Waals surface area contributed by atoms with Crippen molar-refractivity contribution in [3.8, 4) is 0 Å². The lowest BCUT2D eigenvalue weighted by Crippen LogP contribution is -2.14. The van der Waals surface area contributed by atoms with Crippen molar-refractivity contribution in [1.29, 1.82) is 0 Å². The molecule has 0 radical (unpaired) electrons. The van der Waals surface area contributed by atoms with E-state index >= 15 is 0 Å². The number of fused-ring (bicyclic) bond motifs is 1. The van der Waals surface area contributed by atoms with Crippen LogP contribution in [0, 0.1) is 5.41 Å². The molecule has 1 heterocycles. The molecule has 1 aliphatic heterocycles. The first-order valence-corrected chi connectivity index (χ1v) is 3.32. The lowest BCUT2D eigenvalue weighted by molar-refractivity contribution is -0.140. The van der Waals surface area contributed by atoms with Crippen molar-refractivity contribution >= 4 is 17.6 Å². The van der Waals surface area contributed by atoms with E-state index in [1.54, 1.807) is 0 Å². The summed E-state index contributed by atoms with van der Waals surface area (Å²) in [5, 5.41) is 0. The van der Waals surface area contributed by atoms with Gasteiger partial charge in [-0.25, -0.2) is 0 Å². The molecule has 1 aliphatic carbocycles. The van der Waals surface area contributed by atoms with E-state index < -0.39 is 4.87 Å². The molecule has 2 aliphatic rings. The third-order valence-corrected chi connectivity index (χ3v) is 3.05. The average Bonchev–Trinajstić information content (AvgIpc) is 2.26. The highest BCUT2D eigenvalue weighted by Crippen LogP contribution is 2.65. The molecule has 0 spiro atoms. The second kappa shape index (κ2) is 1.12. The second-order valence-corrected chi connectivity index (χ2v) is 3.76. The zero-order valence-electron chi connectivity index (χ0n) is 5.11. The molecule has 2 nitrogen and oxygen atoms in total. The van der Waals surface area contributed by atoms with Gasteiger partial charge in [-0.1, -0.05) is 6.92 Å². The van der Waals surface area contributed by atoms with Crippen LogP contribution in [0.5, 0.6) is 0 Å². The van der Waals surface area contributed by atoms with E-state index in [9.17, 15) is 4.79 Å². The number of cyclic esters (lactones) is 1. The Kier molecular flexibility index (Phi) is 0.692. The molecule has 2 atom stereocenters. The summed E-state index contributed by atoms with van der Waals surface area (Å²) in [6.45, 7) is 2.49. The van der Waals surface area contributed by atoms with Gasteiger partial charge >= 0.3 is 5.97 Å². The van der Waals surface area contributed by atoms with E-state index in [1.807, 2.05) is 6.92 Å². The lowest BCUT2D eigenvalue weighted by Gasteiger charge is -1.96. The highest BCUT2D eigenvalue weighted by Gasteiger charge is 2.74. The summed E-state index contributed by atoms with van der Waals surface area (Å²) in [4.78, 5) is 10.2. The van der Waals surface area contributed by atoms with Crippen LogP contribution in [-0.2, 0) is 9.53 Å². The summed E-state index contributed by atoms with van der Waals surface area (Å²) >= 11 is 5.86. The summed E-state index contributed by atoms with van der Waals surface area (Å²) in [5.74, 6) is -0.230. The van der Waals surface area contributed by atoms with Crippen LogP contribution in [0.2, 0.25) is 0 Å². The molecular weight excluding hydrogens is 140 g/mol. The number of esters is 1. The van der Waals surface area contributed by atoms with Crippen molar-refractivity contribution < 1.29 is 9.53 Å². The third kappa shape index (κ3) is 0.420. The van der Waals surface area contributed by atoms with E-state index in [1.165, 1.54) is 0 Å². The molecule has 0 aromatic carbocycles. The molecule has 2 fully saturated rings. The first kappa shape index (κ1) is 5.54. The minimum absolute atomic E-state index is 0.0361. The zero-order chi connectivity index (χ0) is 6.70. The first-order valence-electron chi connectivity index (χ1n) is 2.95. The fraction of sp³-hybridized carbons (Fsp3) is 0.833. The molecule has 0 aromatic rings. The molecule has 9 heavy (non-hydrogen) atoms. The van der Waals surface area contributed by atoms with Gasteiger partial charge in [0.05, 0.1) is 6.61 Å². The average molecular weight is 147 g/mol. The highest BCUT2D eigenvalue weighted by atomic mass is 35.5. The second-order valence-electron chi connectivity index (χ2n) is 3.11. The van der Waals surface area contributed by atoms with E-state index in [0.717, 1.165) is 6.42 Å². The van der Waals surface area contributed by atoms with Crippen LogP contribution < -0.4 is 0 Å². The summed E-state index contributed by atoms with van der Waals surface area (Å²) < 4.78 is 4.75. The largest absolute Gasteiger partial charge is 0.464 e. The number of rotatable bonds is 0. The standard InChI is InChI=1S/C6H7ClO2/c1-5-2-6(5,7)4(8)9-3-5/h2-3H2,1H3/t5-,6-/m0/s1. The normalized spacial score (nSPS) is 54.7. The Morgan fingerprint density at radius 1 is 1.78 bits per heavy atom. The van der Waals surface area contributed by atoms with Gasteiger partial charge < -0.3 is 4.74 Å². The van der Waals surface area contributed by atoms with Crippen LogP contribution in [0.3, 0.4) is 0 Å². The molecule has 2 rings (SSSR count). The topological polar surface area (TPSA) is 26.3 Å². The fourth-order valence-corrected chi connectivity index (χ4v) is 1.72. The molecule has 0 N–H and O–H groups in total. The fourth-order valence-electron chi connectivity index (χ4n) is 1.32. The number of carbonyl (C=O) groups excluding carboxylic acids is 1. The minimum Gasteiger partial charge on any atom is -0.464 e. The maximum absolute atomic E-state index is 10.8. The Morgan fingerprint density at radius 3 is 2.56 bits per heavy atom. The van der Waals surface area contributed by atoms with E-state index in [0.29, 0.717) is 6.61 Å². The molecular formula is C6H7ClO2. The molecule has 50 valence electrons. The lowest BCUT2D eigenvalue weighted by atomic mass is 10.1. The van der Waals surface area contributed by atoms with Crippen LogP contribution in [0.1, 0.15) is 13.3 Å². The number of ether oxygens (including phenoxy) is 1. The van der Waals surface area contributed by atoms with Gasteiger partial charge in [-0.15, -0.1) is 11.6 Å². The number of hydrogen-bond acceptors (Lipinski definition) is 2. The summed E-state index contributed by atoms with van der Waals surface area (Å²) in [6, 6.07) is 0. The number of hydrogen-bond donors (Lipinski definition) is 0. The molecule has 1 saturated heterocycles. The van der Waals surface area contributed by atoms with Crippen molar-refractivity contribution in [1.82, 2.24) is 0 Å². The van der Waals surface area contributed by atoms with Crippen LogP contribution in [0.15, 0.2) is 0 Å². The van der Waals surface area contributed by atoms with Gasteiger partial charge in [0.1, 0.15) is 0 Å². The predicted octanol–water partition coefficient (Wildman–Crippen LogP) is 0.931. The van der Waals surface area contributed by atoms with Gasteiger partial charge in [0.2, 0.25) is 0 Å². The van der Waals surface area contributed by atoms with Gasteiger partial charge in [-0.2, -0.15) is 0 Å². The molecule has 0 unspecified atom stereocenters. The van der Waals surface area contributed by atoms with Crippen molar-refractivity contribution in [2.45, 2.75) is 18.2 Å². The van der Waals surface area contributed by atoms with E-state index in [-0.39, 0.29) is 11.4 Å². The molecule has 3 heteroatoms. The molecule has 0 aromatic heterocycles. The van der Waals surface area contributed by atoms with Crippen LogP contribution in [0.4, 0.5) is 0 Å². The quantitative estimate of drug-likeness (QED) is 0.376. The molecule has 0 amide bonds. The van der Waals surface area contributed by atoms with Crippen molar-refractivity contribution in [2.75, 3.05) is 6.61 Å². The Hall–Kier alpha value is -0.240. The Bertz CT molecular complexity index is 187. The number of alkyl halides is 1. The van der Waals surface area contributed by atoms with Gasteiger partial charge in [-0.3, -0.25) is 4.79 Å². The first-order chi connectivity index (χ1) is 4.08. The Morgan fingerprint density at radius 2 is 2.44 bits per heavy atom. The number of carbonyl (C=O) groups is 1. The van der Waals surface area contributed by atoms with E-state index in [2.05, 4.69) is 0 Å². The van der Waals surface area contributed by atoms with E-state index in [4.69, 9.17) is 16.3 Å². The molecule has 1 saturated carbocycles. The van der Waals surface area contributed by atoms with Crippen LogP contribution >= 0.6 is 11.6 Å². The maximum atomic E-state index is 10.8. The van der Waals surface area contributed by atoms with Crippen LogP contribution in [0.25, 0.3) is 0 Å². The van der Waals surface area contributed by atoms with Crippen LogP contribution in [-0.4, -0.2) is 17.5 Å². The predicted molar refractivity (Wildman–Crippen MR) is 32.3 cm³/mol. The Balaban J connectivity index is 2.37. The summed E-state index contributed by atoms with van der Waals surface area (Å²) in [5.41, 5.74) is -0.0361. The van der Waals surface area contributed by atoms with Crippen molar-refractivity contribution in [2.24, 2.45) is 5.41 Å². The van der Waals surface area contributed by atoms with Gasteiger partial charge in [0.25, 0.3) is 0 Å². The van der Waals surface area contributed by atoms with Crippen molar-refractivity contribution in [3.05, 3.63) is 0 Å². The highest BCUT2D eigenvalue weighted by molar-refractivity contribution is 6.38. The van der Waals surface area contributed by atoms with Gasteiger partial charge in [-0.05, 0) is 6.42 Å². The van der Waals surface area contributed by atoms with Gasteiger partial charge in [0, 0.05) is 5.41 Å². The minimum atomic E-state index is -0.632. The number of halogens is 1. The molecule has 0 bridgehead atoms. The summed E-state index contributed by atoms with van der Waals surface area (Å²) in [7, 11) is 0. The monoisotopic (exact) mass is 146 g/mol. The Labute approximate surface area is 58.1 Å².